The number of aromatic nitrogens is 1. The predicted octanol–water partition coefficient (Wildman–Crippen LogP) is 2.09. The smallest absolute Gasteiger partial charge is 0.224 e. The van der Waals surface area contributed by atoms with Crippen molar-refractivity contribution < 1.29 is 4.79 Å². The molecule has 3 N–H and O–H groups in total. The summed E-state index contributed by atoms with van der Waals surface area (Å²) in [7, 11) is 0. The Morgan fingerprint density at radius 3 is 2.94 bits per heavy atom. The highest BCUT2D eigenvalue weighted by molar-refractivity contribution is 5.91. The van der Waals surface area contributed by atoms with Gasteiger partial charge in [0.05, 0.1) is 0 Å². The average molecular weight is 235 g/mol. The molecular weight excluding hydrogens is 214 g/mol. The van der Waals surface area contributed by atoms with Crippen molar-refractivity contribution in [3.8, 4) is 0 Å². The molecule has 0 aliphatic carbocycles. The van der Waals surface area contributed by atoms with Gasteiger partial charge >= 0.3 is 0 Å². The topological polar surface area (TPSA) is 68.0 Å². The summed E-state index contributed by atoms with van der Waals surface area (Å²) in [6.45, 7) is 4.74. The quantitative estimate of drug-likeness (QED) is 0.793. The zero-order valence-electron chi connectivity index (χ0n) is 10.6. The van der Waals surface area contributed by atoms with Gasteiger partial charge in [-0.25, -0.2) is 0 Å². The molecule has 1 rings (SSSR count). The second-order valence-corrected chi connectivity index (χ2v) is 4.46. The maximum atomic E-state index is 11.7. The number of amides is 1. The molecule has 0 aliphatic rings. The molecule has 94 valence electrons. The summed E-state index contributed by atoms with van der Waals surface area (Å²) in [5.74, 6) is 0.562. The van der Waals surface area contributed by atoms with E-state index < -0.39 is 0 Å². The monoisotopic (exact) mass is 235 g/mol. The van der Waals surface area contributed by atoms with E-state index in [0.717, 1.165) is 24.1 Å². The van der Waals surface area contributed by atoms with Crippen LogP contribution in [-0.4, -0.2) is 17.4 Å². The third kappa shape index (κ3) is 4.95. The second kappa shape index (κ2) is 7.01. The molecule has 1 aromatic heterocycles. The number of nitrogens with zero attached hydrogens (tertiary/aromatic N) is 1. The maximum Gasteiger partial charge on any atom is 0.224 e. The third-order valence-corrected chi connectivity index (χ3v) is 2.82. The molecule has 4 heteroatoms. The molecule has 4 nitrogen and oxygen atoms in total. The van der Waals surface area contributed by atoms with Gasteiger partial charge < -0.3 is 11.1 Å². The number of pyridine rings is 1. The molecule has 0 bridgehead atoms. The summed E-state index contributed by atoms with van der Waals surface area (Å²) >= 11 is 0. The highest BCUT2D eigenvalue weighted by Gasteiger charge is 2.07. The third-order valence-electron chi connectivity index (χ3n) is 2.82. The van der Waals surface area contributed by atoms with Crippen molar-refractivity contribution in [1.82, 2.24) is 4.98 Å². The van der Waals surface area contributed by atoms with Crippen LogP contribution in [0, 0.1) is 12.8 Å². The van der Waals surface area contributed by atoms with Gasteiger partial charge in [-0.05, 0) is 43.9 Å². The highest BCUT2D eigenvalue weighted by Crippen LogP contribution is 2.14. The van der Waals surface area contributed by atoms with Crippen LogP contribution in [0.15, 0.2) is 18.5 Å². The molecule has 0 spiro atoms. The first-order chi connectivity index (χ1) is 8.13. The Labute approximate surface area is 103 Å². The molecule has 1 aromatic rings. The van der Waals surface area contributed by atoms with Crippen LogP contribution in [0.25, 0.3) is 0 Å². The van der Waals surface area contributed by atoms with Crippen molar-refractivity contribution >= 4 is 11.6 Å². The SMILES string of the molecule is Cc1cnccc1NC(=O)CCC(C)CCN. The number of aryl methyl sites for hydroxylation is 1. The van der Waals surface area contributed by atoms with E-state index in [2.05, 4.69) is 17.2 Å². The van der Waals surface area contributed by atoms with Crippen LogP contribution in [-0.2, 0) is 4.79 Å². The standard InChI is InChI=1S/C13H21N3O/c1-10(5-7-14)3-4-13(17)16-12-6-8-15-9-11(12)2/h6,8-10H,3-5,7,14H2,1-2H3,(H,15,16,17). The summed E-state index contributed by atoms with van der Waals surface area (Å²) < 4.78 is 0. The second-order valence-electron chi connectivity index (χ2n) is 4.46. The Hall–Kier alpha value is -1.42. The predicted molar refractivity (Wildman–Crippen MR) is 69.7 cm³/mol. The number of hydrogen-bond acceptors (Lipinski definition) is 3. The van der Waals surface area contributed by atoms with Gasteiger partial charge in [0.25, 0.3) is 0 Å². The van der Waals surface area contributed by atoms with Gasteiger partial charge in [-0.15, -0.1) is 0 Å². The molecule has 0 saturated heterocycles. The Kier molecular flexibility index (Phi) is 5.63. The van der Waals surface area contributed by atoms with E-state index in [1.807, 2.05) is 13.0 Å². The van der Waals surface area contributed by atoms with E-state index in [1.54, 1.807) is 12.4 Å². The van der Waals surface area contributed by atoms with Crippen LogP contribution in [0.1, 0.15) is 31.7 Å². The fourth-order valence-corrected chi connectivity index (χ4v) is 1.63. The van der Waals surface area contributed by atoms with Crippen molar-refractivity contribution in [2.24, 2.45) is 11.7 Å². The minimum absolute atomic E-state index is 0.0585. The Morgan fingerprint density at radius 2 is 2.29 bits per heavy atom. The van der Waals surface area contributed by atoms with Gasteiger partial charge in [0, 0.05) is 24.5 Å². The normalized spacial score (nSPS) is 12.2. The number of anilines is 1. The van der Waals surface area contributed by atoms with Crippen LogP contribution < -0.4 is 11.1 Å². The summed E-state index contributed by atoms with van der Waals surface area (Å²) in [5, 5.41) is 2.90. The van der Waals surface area contributed by atoms with E-state index in [4.69, 9.17) is 5.73 Å². The average Bonchev–Trinajstić information content (AvgIpc) is 2.30. The van der Waals surface area contributed by atoms with E-state index >= 15 is 0 Å². The molecular formula is C13H21N3O. The first-order valence-corrected chi connectivity index (χ1v) is 6.04. The minimum Gasteiger partial charge on any atom is -0.330 e. The minimum atomic E-state index is 0.0585. The van der Waals surface area contributed by atoms with Crippen molar-refractivity contribution in [2.45, 2.75) is 33.1 Å². The van der Waals surface area contributed by atoms with Crippen molar-refractivity contribution in [1.29, 1.82) is 0 Å². The molecule has 0 radical (unpaired) electrons. The molecule has 0 fully saturated rings. The number of carbonyl (C=O) groups excluding carboxylic acids is 1. The maximum absolute atomic E-state index is 11.7. The van der Waals surface area contributed by atoms with Crippen molar-refractivity contribution in [3.63, 3.8) is 0 Å². The zero-order valence-corrected chi connectivity index (χ0v) is 10.6. The highest BCUT2D eigenvalue weighted by atomic mass is 16.1. The van der Waals surface area contributed by atoms with E-state index in [9.17, 15) is 4.79 Å². The van der Waals surface area contributed by atoms with Gasteiger partial charge in [0.15, 0.2) is 0 Å². The lowest BCUT2D eigenvalue weighted by Gasteiger charge is -2.10. The lowest BCUT2D eigenvalue weighted by molar-refractivity contribution is -0.116. The number of nitrogens with one attached hydrogen (secondary N) is 1. The van der Waals surface area contributed by atoms with E-state index in [1.165, 1.54) is 0 Å². The summed E-state index contributed by atoms with van der Waals surface area (Å²) in [4.78, 5) is 15.7. The zero-order chi connectivity index (χ0) is 12.7. The summed E-state index contributed by atoms with van der Waals surface area (Å²) in [6.07, 6.45) is 5.82. The van der Waals surface area contributed by atoms with Crippen LogP contribution >= 0.6 is 0 Å². The fourth-order valence-electron chi connectivity index (χ4n) is 1.63. The Bertz CT molecular complexity index is 365. The Morgan fingerprint density at radius 1 is 1.53 bits per heavy atom. The molecule has 1 atom stereocenters. The molecule has 1 unspecified atom stereocenters. The van der Waals surface area contributed by atoms with Crippen LogP contribution in [0.4, 0.5) is 5.69 Å². The van der Waals surface area contributed by atoms with Crippen LogP contribution in [0.5, 0.6) is 0 Å². The first kappa shape index (κ1) is 13.6. The van der Waals surface area contributed by atoms with E-state index in [0.29, 0.717) is 18.9 Å². The van der Waals surface area contributed by atoms with Gasteiger partial charge in [-0.1, -0.05) is 6.92 Å². The van der Waals surface area contributed by atoms with Crippen molar-refractivity contribution in [2.75, 3.05) is 11.9 Å². The lowest BCUT2D eigenvalue weighted by atomic mass is 10.0. The number of rotatable bonds is 6. The first-order valence-electron chi connectivity index (χ1n) is 6.04. The lowest BCUT2D eigenvalue weighted by Crippen LogP contribution is -2.14. The van der Waals surface area contributed by atoms with E-state index in [-0.39, 0.29) is 5.91 Å². The van der Waals surface area contributed by atoms with Gasteiger partial charge in [0.2, 0.25) is 5.91 Å². The van der Waals surface area contributed by atoms with Crippen LogP contribution in [0.3, 0.4) is 0 Å². The fraction of sp³-hybridized carbons (Fsp3) is 0.538. The van der Waals surface area contributed by atoms with Crippen molar-refractivity contribution in [3.05, 3.63) is 24.0 Å². The number of nitrogens with two attached hydrogens (primary N) is 1. The largest absolute Gasteiger partial charge is 0.330 e. The molecule has 0 aliphatic heterocycles. The molecule has 1 amide bonds. The van der Waals surface area contributed by atoms with Crippen LogP contribution in [0.2, 0.25) is 0 Å². The number of hydrogen-bond donors (Lipinski definition) is 2. The molecule has 17 heavy (non-hydrogen) atoms. The van der Waals surface area contributed by atoms with Gasteiger partial charge in [0.1, 0.15) is 0 Å². The summed E-state index contributed by atoms with van der Waals surface area (Å²) in [6, 6.07) is 1.82. The van der Waals surface area contributed by atoms with Gasteiger partial charge in [-0.3, -0.25) is 9.78 Å². The number of carbonyl (C=O) groups is 1. The Balaban J connectivity index is 2.37. The molecule has 1 heterocycles. The van der Waals surface area contributed by atoms with Gasteiger partial charge in [-0.2, -0.15) is 0 Å². The molecule has 0 saturated carbocycles. The summed E-state index contributed by atoms with van der Waals surface area (Å²) in [5.41, 5.74) is 7.30. The molecule has 0 aromatic carbocycles.